The molecule has 44 heavy (non-hydrogen) atoms. The van der Waals surface area contributed by atoms with Crippen LogP contribution in [-0.4, -0.2) is 107 Å². The topological polar surface area (TPSA) is 229 Å². The predicted molar refractivity (Wildman–Crippen MR) is 145 cm³/mol. The van der Waals surface area contributed by atoms with E-state index in [1.807, 2.05) is 0 Å². The second kappa shape index (κ2) is 15.3. The number of aryl methyl sites for hydroxylation is 1. The van der Waals surface area contributed by atoms with E-state index < -0.39 is 79.7 Å². The van der Waals surface area contributed by atoms with Gasteiger partial charge >= 0.3 is 23.9 Å². The molecule has 0 spiro atoms. The Labute approximate surface area is 249 Å². The Morgan fingerprint density at radius 2 is 1.50 bits per heavy atom. The molecule has 0 radical (unpaired) electrons. The number of aliphatic carboxylic acids is 3. The maximum Gasteiger partial charge on any atom is 0.335 e. The zero-order valence-corrected chi connectivity index (χ0v) is 23.4. The molecule has 3 rings (SSSR count). The smallest absolute Gasteiger partial charge is 0.335 e. The van der Waals surface area contributed by atoms with Crippen molar-refractivity contribution in [3.05, 3.63) is 41.7 Å². The molecule has 2 atom stereocenters. The van der Waals surface area contributed by atoms with Crippen LogP contribution in [0.3, 0.4) is 0 Å². The number of alkyl halides is 1. The normalized spacial score (nSPS) is 14.8. The fourth-order valence-corrected chi connectivity index (χ4v) is 4.55. The molecular formula is C27H31FN6O10. The third kappa shape index (κ3) is 8.42. The molecule has 2 heterocycles. The van der Waals surface area contributed by atoms with Crippen LogP contribution in [0.1, 0.15) is 61.0 Å². The molecule has 1 aliphatic rings. The third-order valence-corrected chi connectivity index (χ3v) is 6.77. The van der Waals surface area contributed by atoms with Gasteiger partial charge in [-0.2, -0.15) is 0 Å². The average molecular weight is 619 g/mol. The Bertz CT molecular complexity index is 1410. The number of hydrogen-bond acceptors (Lipinski definition) is 9. The highest BCUT2D eigenvalue weighted by Crippen LogP contribution is 2.23. The highest BCUT2D eigenvalue weighted by atomic mass is 19.1. The molecule has 1 fully saturated rings. The number of nitrogens with one attached hydrogen (secondary N) is 1. The van der Waals surface area contributed by atoms with Crippen LogP contribution < -0.4 is 5.32 Å². The minimum absolute atomic E-state index is 0.122. The van der Waals surface area contributed by atoms with Gasteiger partial charge in [0.05, 0.1) is 24.3 Å². The van der Waals surface area contributed by atoms with E-state index in [1.54, 1.807) is 30.5 Å². The second-order valence-corrected chi connectivity index (χ2v) is 9.87. The van der Waals surface area contributed by atoms with Crippen molar-refractivity contribution in [1.82, 2.24) is 30.1 Å². The van der Waals surface area contributed by atoms with E-state index in [-0.39, 0.29) is 30.7 Å². The third-order valence-electron chi connectivity index (χ3n) is 6.77. The van der Waals surface area contributed by atoms with Crippen molar-refractivity contribution < 1.29 is 53.3 Å². The summed E-state index contributed by atoms with van der Waals surface area (Å²) in [6.45, 7) is -0.335. The first-order valence-corrected chi connectivity index (χ1v) is 13.7. The first-order chi connectivity index (χ1) is 20.9. The molecule has 5 amide bonds. The number of urea groups is 1. The summed E-state index contributed by atoms with van der Waals surface area (Å²) in [5, 5.41) is 38.7. The van der Waals surface area contributed by atoms with E-state index in [0.29, 0.717) is 34.7 Å². The van der Waals surface area contributed by atoms with Gasteiger partial charge in [-0.05, 0) is 62.8 Å². The SMILES string of the molecule is O=C(O)CCC(C(=O)O)N1C(=O)CC(=O)N([C@@H](CCCCNC(=O)c2ccc(-n3cc(CCCF)nn3)cc2)C(=O)O)C1=O. The highest BCUT2D eigenvalue weighted by molar-refractivity contribution is 6.16. The molecule has 1 unspecified atom stereocenters. The van der Waals surface area contributed by atoms with Gasteiger partial charge in [-0.25, -0.2) is 28.9 Å². The number of nitrogens with zero attached hydrogens (tertiary/aromatic N) is 5. The van der Waals surface area contributed by atoms with Crippen LogP contribution in [-0.2, 0) is 30.4 Å². The number of amides is 5. The Kier molecular flexibility index (Phi) is 11.6. The number of carboxylic acids is 3. The van der Waals surface area contributed by atoms with Gasteiger partial charge in [-0.3, -0.25) is 23.6 Å². The molecule has 0 aliphatic carbocycles. The van der Waals surface area contributed by atoms with Crippen LogP contribution in [0.5, 0.6) is 0 Å². The number of rotatable bonds is 17. The van der Waals surface area contributed by atoms with E-state index in [4.69, 9.17) is 5.11 Å². The standard InChI is InChI=1S/C27H31FN6O10/c28-12-3-4-17-15-32(31-30-17)18-8-6-16(7-9-18)24(39)29-13-2-1-5-19(25(40)41)33-21(35)14-22(36)34(27(33)44)20(26(42)43)10-11-23(37)38/h6-9,15,19-20H,1-5,10-14H2,(H,29,39)(H,37,38)(H,40,41)(H,42,43)/t19-,20?/m0/s1. The van der Waals surface area contributed by atoms with Gasteiger partial charge in [-0.1, -0.05) is 5.21 Å². The van der Waals surface area contributed by atoms with Crippen LogP contribution in [0.25, 0.3) is 5.69 Å². The zero-order valence-electron chi connectivity index (χ0n) is 23.4. The summed E-state index contributed by atoms with van der Waals surface area (Å²) in [4.78, 5) is 85.6. The molecule has 0 bridgehead atoms. The maximum atomic E-state index is 13.0. The van der Waals surface area contributed by atoms with Crippen molar-refractivity contribution in [2.24, 2.45) is 0 Å². The summed E-state index contributed by atoms with van der Waals surface area (Å²) < 4.78 is 13.9. The summed E-state index contributed by atoms with van der Waals surface area (Å²) in [5.41, 5.74) is 1.61. The fraction of sp³-hybridized carbons (Fsp3) is 0.444. The van der Waals surface area contributed by atoms with Gasteiger partial charge < -0.3 is 20.6 Å². The molecule has 1 aliphatic heterocycles. The lowest BCUT2D eigenvalue weighted by Crippen LogP contribution is -2.63. The largest absolute Gasteiger partial charge is 0.481 e. The molecule has 17 heteroatoms. The number of hydrogen-bond donors (Lipinski definition) is 4. The lowest BCUT2D eigenvalue weighted by atomic mass is 10.0. The van der Waals surface area contributed by atoms with Crippen molar-refractivity contribution in [2.75, 3.05) is 13.2 Å². The first kappa shape index (κ1) is 33.3. The number of aromatic nitrogens is 3. The van der Waals surface area contributed by atoms with E-state index in [0.717, 1.165) is 0 Å². The van der Waals surface area contributed by atoms with Crippen molar-refractivity contribution in [1.29, 1.82) is 0 Å². The Hall–Kier alpha value is -5.22. The summed E-state index contributed by atoms with van der Waals surface area (Å²) in [5.74, 6) is -7.33. The van der Waals surface area contributed by atoms with Crippen LogP contribution in [0.2, 0.25) is 0 Å². The average Bonchev–Trinajstić information content (AvgIpc) is 3.45. The van der Waals surface area contributed by atoms with Gasteiger partial charge in [0, 0.05) is 18.5 Å². The van der Waals surface area contributed by atoms with Crippen LogP contribution in [0.4, 0.5) is 9.18 Å². The first-order valence-electron chi connectivity index (χ1n) is 13.7. The molecule has 1 aromatic carbocycles. The van der Waals surface area contributed by atoms with E-state index in [2.05, 4.69) is 15.6 Å². The monoisotopic (exact) mass is 618 g/mol. The van der Waals surface area contributed by atoms with Crippen molar-refractivity contribution in [3.8, 4) is 5.69 Å². The minimum atomic E-state index is -1.90. The number of carbonyl (C=O) groups is 7. The molecule has 1 aromatic heterocycles. The number of unbranched alkanes of at least 4 members (excludes halogenated alkanes) is 1. The van der Waals surface area contributed by atoms with Gasteiger partial charge in [0.2, 0.25) is 11.8 Å². The van der Waals surface area contributed by atoms with E-state index >= 15 is 0 Å². The van der Waals surface area contributed by atoms with Gasteiger partial charge in [0.25, 0.3) is 5.91 Å². The Balaban J connectivity index is 1.55. The van der Waals surface area contributed by atoms with E-state index in [1.165, 1.54) is 4.68 Å². The second-order valence-electron chi connectivity index (χ2n) is 9.87. The Morgan fingerprint density at radius 1 is 0.886 bits per heavy atom. The molecule has 4 N–H and O–H groups in total. The molecule has 2 aromatic rings. The van der Waals surface area contributed by atoms with E-state index in [9.17, 15) is 48.2 Å². The molecule has 16 nitrogen and oxygen atoms in total. The quantitative estimate of drug-likeness (QED) is 0.144. The van der Waals surface area contributed by atoms with Gasteiger partial charge in [0.15, 0.2) is 0 Å². The van der Waals surface area contributed by atoms with Crippen molar-refractivity contribution in [2.45, 2.75) is 63.5 Å². The fourth-order valence-electron chi connectivity index (χ4n) is 4.55. The van der Waals surface area contributed by atoms with Crippen molar-refractivity contribution >= 4 is 41.7 Å². The number of halogens is 1. The molecule has 0 saturated carbocycles. The number of barbiturate groups is 1. The number of imide groups is 2. The lowest BCUT2D eigenvalue weighted by molar-refractivity contribution is -0.158. The number of benzene rings is 1. The highest BCUT2D eigenvalue weighted by Gasteiger charge is 2.48. The van der Waals surface area contributed by atoms with Gasteiger partial charge in [-0.15, -0.1) is 5.10 Å². The Morgan fingerprint density at radius 3 is 2.07 bits per heavy atom. The minimum Gasteiger partial charge on any atom is -0.481 e. The molecule has 1 saturated heterocycles. The number of carboxylic acid groups (broad SMARTS) is 3. The predicted octanol–water partition coefficient (Wildman–Crippen LogP) is 1.02. The lowest BCUT2D eigenvalue weighted by Gasteiger charge is -2.38. The van der Waals surface area contributed by atoms with Gasteiger partial charge in [0.1, 0.15) is 18.5 Å². The summed E-state index contributed by atoms with van der Waals surface area (Å²) >= 11 is 0. The van der Waals surface area contributed by atoms with Crippen LogP contribution in [0, 0.1) is 0 Å². The van der Waals surface area contributed by atoms with Crippen LogP contribution >= 0.6 is 0 Å². The van der Waals surface area contributed by atoms with Crippen molar-refractivity contribution in [3.63, 3.8) is 0 Å². The maximum absolute atomic E-state index is 13.0. The molecule has 236 valence electrons. The summed E-state index contributed by atoms with van der Waals surface area (Å²) in [6, 6.07) is 1.35. The number of carbonyl (C=O) groups excluding carboxylic acids is 4. The van der Waals surface area contributed by atoms with Crippen LogP contribution in [0.15, 0.2) is 30.5 Å². The summed E-state index contributed by atoms with van der Waals surface area (Å²) in [6.07, 6.45) is 0.302. The summed E-state index contributed by atoms with van der Waals surface area (Å²) in [7, 11) is 0. The molecular weight excluding hydrogens is 587 g/mol. The zero-order chi connectivity index (χ0) is 32.4.